The molecule has 1 aromatic carbocycles. The Hall–Kier alpha value is -2.25. The van der Waals surface area contributed by atoms with Gasteiger partial charge in [-0.1, -0.05) is 0 Å². The summed E-state index contributed by atoms with van der Waals surface area (Å²) in [5, 5.41) is 10.7. The number of nitrogens with one attached hydrogen (secondary N) is 1. The molecule has 0 unspecified atom stereocenters. The number of hydrogen-bond donors (Lipinski definition) is 2. The predicted molar refractivity (Wildman–Crippen MR) is 74.2 cm³/mol. The van der Waals surface area contributed by atoms with E-state index in [2.05, 4.69) is 0 Å². The molecule has 120 valence electrons. The number of piperidine rings is 1. The molecule has 1 amide bonds. The van der Waals surface area contributed by atoms with Crippen molar-refractivity contribution in [1.82, 2.24) is 0 Å². The van der Waals surface area contributed by atoms with Crippen molar-refractivity contribution in [1.29, 1.82) is 0 Å². The molecular weight excluding hydrogens is 301 g/mol. The van der Waals surface area contributed by atoms with Crippen LogP contribution in [0.5, 0.6) is 0 Å². The van der Waals surface area contributed by atoms with Crippen LogP contribution in [0.2, 0.25) is 0 Å². The highest BCUT2D eigenvalue weighted by atomic mass is 19.4. The lowest BCUT2D eigenvalue weighted by Crippen LogP contribution is -2.33. The number of amides is 1. The average Bonchev–Trinajstić information content (AvgIpc) is 2.47. The molecule has 0 aromatic heterocycles. The van der Waals surface area contributed by atoms with Crippen LogP contribution >= 0.6 is 0 Å². The van der Waals surface area contributed by atoms with Crippen LogP contribution in [0.3, 0.4) is 0 Å². The van der Waals surface area contributed by atoms with Gasteiger partial charge in [0, 0.05) is 13.1 Å². The molecule has 1 aromatic rings. The molecule has 0 saturated carbocycles. The third kappa shape index (κ3) is 3.69. The van der Waals surface area contributed by atoms with Gasteiger partial charge in [-0.2, -0.15) is 13.2 Å². The van der Waals surface area contributed by atoms with Gasteiger partial charge in [-0.15, -0.1) is 0 Å². The SMILES string of the molecule is O=C(O)c1ccc(N2CCCCC2)c(NC(=O)C(F)(F)F)c1. The molecule has 1 aliphatic rings. The van der Waals surface area contributed by atoms with Gasteiger partial charge in [-0.05, 0) is 37.5 Å². The Labute approximate surface area is 124 Å². The normalized spacial score (nSPS) is 15.5. The zero-order chi connectivity index (χ0) is 16.3. The number of anilines is 2. The summed E-state index contributed by atoms with van der Waals surface area (Å²) < 4.78 is 37.3. The van der Waals surface area contributed by atoms with E-state index in [-0.39, 0.29) is 11.3 Å². The zero-order valence-electron chi connectivity index (χ0n) is 11.6. The largest absolute Gasteiger partial charge is 0.478 e. The Morgan fingerprint density at radius 1 is 1.14 bits per heavy atom. The van der Waals surface area contributed by atoms with Crippen LogP contribution in [0.25, 0.3) is 0 Å². The maximum atomic E-state index is 12.4. The number of halogens is 3. The molecule has 1 aliphatic heterocycles. The highest BCUT2D eigenvalue weighted by Gasteiger charge is 2.39. The van der Waals surface area contributed by atoms with E-state index in [9.17, 15) is 22.8 Å². The third-order valence-corrected chi connectivity index (χ3v) is 3.45. The van der Waals surface area contributed by atoms with Crippen molar-refractivity contribution in [2.24, 2.45) is 0 Å². The molecule has 0 atom stereocenters. The lowest BCUT2D eigenvalue weighted by molar-refractivity contribution is -0.167. The van der Waals surface area contributed by atoms with Gasteiger partial charge < -0.3 is 15.3 Å². The number of carbonyl (C=O) groups excluding carboxylic acids is 1. The lowest BCUT2D eigenvalue weighted by atomic mass is 10.1. The van der Waals surface area contributed by atoms with Gasteiger partial charge in [-0.3, -0.25) is 4.79 Å². The first-order chi connectivity index (χ1) is 10.3. The number of rotatable bonds is 3. The lowest BCUT2D eigenvalue weighted by Gasteiger charge is -2.30. The standard InChI is InChI=1S/C14H15F3N2O3/c15-14(16,17)13(22)18-10-8-9(12(20)21)4-5-11(10)19-6-2-1-3-7-19/h4-5,8H,1-3,6-7H2,(H,18,22)(H,20,21). The van der Waals surface area contributed by atoms with E-state index in [1.165, 1.54) is 12.1 Å². The third-order valence-electron chi connectivity index (χ3n) is 3.45. The number of carboxylic acid groups (broad SMARTS) is 1. The van der Waals surface area contributed by atoms with Gasteiger partial charge in [0.1, 0.15) is 0 Å². The maximum absolute atomic E-state index is 12.4. The molecule has 8 heteroatoms. The Balaban J connectivity index is 2.35. The fourth-order valence-electron chi connectivity index (χ4n) is 2.37. The molecule has 0 spiro atoms. The van der Waals surface area contributed by atoms with Gasteiger partial charge in [0.2, 0.25) is 0 Å². The van der Waals surface area contributed by atoms with Crippen molar-refractivity contribution in [3.63, 3.8) is 0 Å². The smallest absolute Gasteiger partial charge is 0.471 e. The van der Waals surface area contributed by atoms with Gasteiger partial charge >= 0.3 is 18.1 Å². The molecule has 0 aliphatic carbocycles. The summed E-state index contributed by atoms with van der Waals surface area (Å²) in [5.74, 6) is -3.39. The molecule has 1 fully saturated rings. The number of benzene rings is 1. The molecule has 5 nitrogen and oxygen atoms in total. The number of aromatic carboxylic acids is 1. The van der Waals surface area contributed by atoms with Gasteiger partial charge in [0.05, 0.1) is 16.9 Å². The summed E-state index contributed by atoms with van der Waals surface area (Å²) >= 11 is 0. The number of carbonyl (C=O) groups is 2. The minimum Gasteiger partial charge on any atom is -0.478 e. The van der Waals surface area contributed by atoms with Crippen molar-refractivity contribution >= 4 is 23.3 Å². The van der Waals surface area contributed by atoms with E-state index in [1.807, 2.05) is 4.90 Å². The number of hydrogen-bond acceptors (Lipinski definition) is 3. The summed E-state index contributed by atoms with van der Waals surface area (Å²) in [6.07, 6.45) is -2.20. The fourth-order valence-corrected chi connectivity index (χ4v) is 2.37. The van der Waals surface area contributed by atoms with E-state index < -0.39 is 18.1 Å². The Kier molecular flexibility index (Phi) is 4.58. The Morgan fingerprint density at radius 2 is 1.77 bits per heavy atom. The van der Waals surface area contributed by atoms with Crippen molar-refractivity contribution < 1.29 is 27.9 Å². The van der Waals surface area contributed by atoms with Crippen LogP contribution in [0, 0.1) is 0 Å². The summed E-state index contributed by atoms with van der Waals surface area (Å²) in [7, 11) is 0. The average molecular weight is 316 g/mol. The minimum atomic E-state index is -5.03. The first kappa shape index (κ1) is 16.1. The van der Waals surface area contributed by atoms with E-state index in [0.717, 1.165) is 25.3 Å². The number of alkyl halides is 3. The van der Waals surface area contributed by atoms with Crippen molar-refractivity contribution in [3.05, 3.63) is 23.8 Å². The van der Waals surface area contributed by atoms with Crippen molar-refractivity contribution in [2.45, 2.75) is 25.4 Å². The number of carboxylic acids is 1. The van der Waals surface area contributed by atoms with Gasteiger partial charge in [0.25, 0.3) is 0 Å². The van der Waals surface area contributed by atoms with Crippen LogP contribution < -0.4 is 10.2 Å². The second-order valence-corrected chi connectivity index (χ2v) is 5.04. The van der Waals surface area contributed by atoms with Crippen molar-refractivity contribution in [3.8, 4) is 0 Å². The van der Waals surface area contributed by atoms with Gasteiger partial charge in [0.15, 0.2) is 0 Å². The molecular formula is C14H15F3N2O3. The quantitative estimate of drug-likeness (QED) is 0.899. The van der Waals surface area contributed by atoms with Crippen LogP contribution in [-0.4, -0.2) is 36.2 Å². The monoisotopic (exact) mass is 316 g/mol. The van der Waals surface area contributed by atoms with E-state index in [4.69, 9.17) is 5.11 Å². The summed E-state index contributed by atoms with van der Waals surface area (Å²) in [5.41, 5.74) is 0.0876. The molecule has 2 rings (SSSR count). The number of nitrogens with zero attached hydrogens (tertiary/aromatic N) is 1. The highest BCUT2D eigenvalue weighted by molar-refractivity contribution is 6.00. The van der Waals surface area contributed by atoms with Gasteiger partial charge in [-0.25, -0.2) is 4.79 Å². The first-order valence-electron chi connectivity index (χ1n) is 6.79. The van der Waals surface area contributed by atoms with Crippen LogP contribution in [-0.2, 0) is 4.79 Å². The second-order valence-electron chi connectivity index (χ2n) is 5.04. The molecule has 1 saturated heterocycles. The molecule has 2 N–H and O–H groups in total. The van der Waals surface area contributed by atoms with Crippen molar-refractivity contribution in [2.75, 3.05) is 23.3 Å². The Morgan fingerprint density at radius 3 is 2.32 bits per heavy atom. The zero-order valence-corrected chi connectivity index (χ0v) is 11.6. The van der Waals surface area contributed by atoms with Crippen LogP contribution in [0.15, 0.2) is 18.2 Å². The molecule has 0 radical (unpaired) electrons. The summed E-state index contributed by atoms with van der Waals surface area (Å²) in [6, 6.07) is 3.80. The van der Waals surface area contributed by atoms with E-state index >= 15 is 0 Å². The molecule has 1 heterocycles. The summed E-state index contributed by atoms with van der Waals surface area (Å²) in [4.78, 5) is 24.0. The summed E-state index contributed by atoms with van der Waals surface area (Å²) in [6.45, 7) is 1.31. The van der Waals surface area contributed by atoms with Crippen LogP contribution in [0.1, 0.15) is 29.6 Å². The molecule has 0 bridgehead atoms. The highest BCUT2D eigenvalue weighted by Crippen LogP contribution is 2.31. The minimum absolute atomic E-state index is 0.135. The topological polar surface area (TPSA) is 69.6 Å². The fraction of sp³-hybridized carbons (Fsp3) is 0.429. The first-order valence-corrected chi connectivity index (χ1v) is 6.79. The predicted octanol–water partition coefficient (Wildman–Crippen LogP) is 2.88. The second kappa shape index (κ2) is 6.25. The maximum Gasteiger partial charge on any atom is 0.471 e. The van der Waals surface area contributed by atoms with E-state index in [1.54, 1.807) is 5.32 Å². The molecule has 22 heavy (non-hydrogen) atoms. The van der Waals surface area contributed by atoms with E-state index in [0.29, 0.717) is 18.8 Å². The van der Waals surface area contributed by atoms with Crippen LogP contribution in [0.4, 0.5) is 24.5 Å². The Bertz CT molecular complexity index is 581.